The number of fused-ring (bicyclic) bond motifs is 1. The first-order chi connectivity index (χ1) is 13.1. The minimum Gasteiger partial charge on any atom is -0.326 e. The van der Waals surface area contributed by atoms with E-state index in [0.29, 0.717) is 12.2 Å². The summed E-state index contributed by atoms with van der Waals surface area (Å²) in [4.78, 5) is 41.0. The smallest absolute Gasteiger partial charge is 0.324 e. The van der Waals surface area contributed by atoms with Gasteiger partial charge in [-0.25, -0.2) is 9.78 Å². The number of thioether (sulfide) groups is 1. The molecule has 0 bridgehead atoms. The van der Waals surface area contributed by atoms with Crippen molar-refractivity contribution in [1.82, 2.24) is 19.8 Å². The van der Waals surface area contributed by atoms with Crippen LogP contribution in [0.2, 0.25) is 0 Å². The first kappa shape index (κ1) is 17.6. The first-order valence-corrected chi connectivity index (χ1v) is 9.76. The molecule has 1 aromatic heterocycles. The molecule has 2 aliphatic rings. The lowest BCUT2D eigenvalue weighted by Gasteiger charge is -2.26. The van der Waals surface area contributed by atoms with E-state index < -0.39 is 6.03 Å². The highest BCUT2D eigenvalue weighted by atomic mass is 32.2. The number of anilines is 1. The Morgan fingerprint density at radius 1 is 1.22 bits per heavy atom. The molecule has 0 saturated carbocycles. The number of hydrogen-bond acceptors (Lipinski definition) is 5. The van der Waals surface area contributed by atoms with Crippen LogP contribution in [0.4, 0.5) is 10.5 Å². The number of urea groups is 1. The Balaban J connectivity index is 1.30. The molecule has 3 heterocycles. The third-order valence-corrected chi connectivity index (χ3v) is 5.49. The molecular weight excluding hydrogens is 366 g/mol. The summed E-state index contributed by atoms with van der Waals surface area (Å²) in [5.74, 6) is 0.621. The normalized spacial score (nSPS) is 16.2. The molecule has 4 rings (SSSR count). The summed E-state index contributed by atoms with van der Waals surface area (Å²) in [6, 6.07) is 7.12. The van der Waals surface area contributed by atoms with Crippen molar-refractivity contribution in [2.24, 2.45) is 0 Å². The summed E-state index contributed by atoms with van der Waals surface area (Å²) in [5.41, 5.74) is 2.63. The second-order valence-electron chi connectivity index (χ2n) is 6.42. The fraction of sp³-hybridized carbons (Fsp3) is 0.333. The van der Waals surface area contributed by atoms with Gasteiger partial charge in [0.05, 0.1) is 5.69 Å². The monoisotopic (exact) mass is 385 g/mol. The van der Waals surface area contributed by atoms with E-state index in [2.05, 4.69) is 26.4 Å². The van der Waals surface area contributed by atoms with E-state index in [1.165, 1.54) is 4.90 Å². The molecule has 0 spiro atoms. The SMILES string of the molecule is O=C1CCN(CCC(=O)Nc2ccc(-c3cn4c(n3)SCC4)cc2)C(=O)N1. The van der Waals surface area contributed by atoms with E-state index in [0.717, 1.165) is 28.7 Å². The van der Waals surface area contributed by atoms with Gasteiger partial charge in [-0.2, -0.15) is 0 Å². The predicted octanol–water partition coefficient (Wildman–Crippen LogP) is 1.93. The van der Waals surface area contributed by atoms with E-state index in [-0.39, 0.29) is 31.2 Å². The van der Waals surface area contributed by atoms with Crippen LogP contribution >= 0.6 is 11.8 Å². The van der Waals surface area contributed by atoms with Gasteiger partial charge in [0.1, 0.15) is 0 Å². The zero-order valence-corrected chi connectivity index (χ0v) is 15.4. The fourth-order valence-electron chi connectivity index (χ4n) is 3.05. The second kappa shape index (κ2) is 7.43. The van der Waals surface area contributed by atoms with Crippen molar-refractivity contribution in [1.29, 1.82) is 0 Å². The molecule has 9 heteroatoms. The van der Waals surface area contributed by atoms with Crippen LogP contribution < -0.4 is 10.6 Å². The molecule has 8 nitrogen and oxygen atoms in total. The highest BCUT2D eigenvalue weighted by Gasteiger charge is 2.23. The lowest BCUT2D eigenvalue weighted by Crippen LogP contribution is -2.50. The second-order valence-corrected chi connectivity index (χ2v) is 7.48. The molecule has 27 heavy (non-hydrogen) atoms. The Labute approximate surface area is 160 Å². The van der Waals surface area contributed by atoms with Gasteiger partial charge in [-0.1, -0.05) is 23.9 Å². The topological polar surface area (TPSA) is 96.3 Å². The number of rotatable bonds is 5. The maximum atomic E-state index is 12.1. The van der Waals surface area contributed by atoms with Crippen LogP contribution in [-0.4, -0.2) is 51.1 Å². The van der Waals surface area contributed by atoms with Gasteiger partial charge in [0, 0.05) is 55.7 Å². The number of hydrogen-bond donors (Lipinski definition) is 2. The summed E-state index contributed by atoms with van der Waals surface area (Å²) in [6.07, 6.45) is 2.50. The van der Waals surface area contributed by atoms with Gasteiger partial charge in [0.2, 0.25) is 11.8 Å². The predicted molar refractivity (Wildman–Crippen MR) is 101 cm³/mol. The molecule has 2 aromatic rings. The molecule has 4 amide bonds. The fourth-order valence-corrected chi connectivity index (χ4v) is 3.99. The summed E-state index contributed by atoms with van der Waals surface area (Å²) >= 11 is 1.76. The number of benzene rings is 1. The molecule has 0 atom stereocenters. The summed E-state index contributed by atoms with van der Waals surface area (Å²) in [7, 11) is 0. The Morgan fingerprint density at radius 2 is 2.04 bits per heavy atom. The Bertz CT molecular complexity index is 871. The molecule has 0 unspecified atom stereocenters. The van der Waals surface area contributed by atoms with Crippen LogP contribution in [0, 0.1) is 0 Å². The Kier molecular flexibility index (Phi) is 4.85. The van der Waals surface area contributed by atoms with Gasteiger partial charge in [0.25, 0.3) is 0 Å². The van der Waals surface area contributed by atoms with Crippen molar-refractivity contribution in [3.63, 3.8) is 0 Å². The molecule has 2 N–H and O–H groups in total. The number of nitrogens with one attached hydrogen (secondary N) is 2. The maximum absolute atomic E-state index is 12.1. The summed E-state index contributed by atoms with van der Waals surface area (Å²) in [6.45, 7) is 1.62. The average Bonchev–Trinajstić information content (AvgIpc) is 3.23. The zero-order chi connectivity index (χ0) is 18.8. The van der Waals surface area contributed by atoms with Gasteiger partial charge < -0.3 is 14.8 Å². The number of imidazole rings is 1. The van der Waals surface area contributed by atoms with Crippen LogP contribution in [0.1, 0.15) is 12.8 Å². The van der Waals surface area contributed by atoms with Crippen molar-refractivity contribution in [3.8, 4) is 11.3 Å². The van der Waals surface area contributed by atoms with Gasteiger partial charge in [-0.15, -0.1) is 0 Å². The Morgan fingerprint density at radius 3 is 2.78 bits per heavy atom. The van der Waals surface area contributed by atoms with Crippen molar-refractivity contribution in [3.05, 3.63) is 30.5 Å². The maximum Gasteiger partial charge on any atom is 0.324 e. The molecule has 1 aromatic carbocycles. The van der Waals surface area contributed by atoms with Crippen molar-refractivity contribution in [2.45, 2.75) is 24.5 Å². The van der Waals surface area contributed by atoms with Crippen LogP contribution in [0.5, 0.6) is 0 Å². The van der Waals surface area contributed by atoms with Crippen LogP contribution in [0.3, 0.4) is 0 Å². The third-order valence-electron chi connectivity index (χ3n) is 4.52. The average molecular weight is 385 g/mol. The number of carbonyl (C=O) groups excluding carboxylic acids is 3. The van der Waals surface area contributed by atoms with Crippen molar-refractivity contribution in [2.75, 3.05) is 24.2 Å². The van der Waals surface area contributed by atoms with E-state index in [1.54, 1.807) is 11.8 Å². The molecule has 0 radical (unpaired) electrons. The minimum absolute atomic E-state index is 0.175. The van der Waals surface area contributed by atoms with E-state index in [1.807, 2.05) is 24.3 Å². The van der Waals surface area contributed by atoms with Crippen LogP contribution in [0.15, 0.2) is 35.6 Å². The Hall–Kier alpha value is -2.81. The summed E-state index contributed by atoms with van der Waals surface area (Å²) in [5, 5.41) is 6.12. The van der Waals surface area contributed by atoms with Crippen LogP contribution in [-0.2, 0) is 16.1 Å². The molecule has 1 fully saturated rings. The number of amides is 4. The number of nitrogens with zero attached hydrogens (tertiary/aromatic N) is 3. The lowest BCUT2D eigenvalue weighted by atomic mass is 10.1. The molecular formula is C18H19N5O3S. The van der Waals surface area contributed by atoms with Crippen molar-refractivity contribution < 1.29 is 14.4 Å². The molecule has 2 aliphatic heterocycles. The van der Waals surface area contributed by atoms with E-state index >= 15 is 0 Å². The van der Waals surface area contributed by atoms with E-state index in [4.69, 9.17) is 0 Å². The third kappa shape index (κ3) is 3.97. The molecule has 0 aliphatic carbocycles. The number of carbonyl (C=O) groups is 3. The van der Waals surface area contributed by atoms with E-state index in [9.17, 15) is 14.4 Å². The number of aryl methyl sites for hydroxylation is 1. The largest absolute Gasteiger partial charge is 0.326 e. The number of imide groups is 1. The standard InChI is InChI=1S/C18H19N5O3S/c24-15(5-7-22-8-6-16(25)21-17(22)26)19-13-3-1-12(2-4-13)14-11-23-9-10-27-18(23)20-14/h1-4,11H,5-10H2,(H,19,24)(H,21,25,26). The quantitative estimate of drug-likeness (QED) is 0.820. The highest BCUT2D eigenvalue weighted by molar-refractivity contribution is 7.99. The zero-order valence-electron chi connectivity index (χ0n) is 14.6. The molecule has 140 valence electrons. The molecule has 1 saturated heterocycles. The number of aromatic nitrogens is 2. The highest BCUT2D eigenvalue weighted by Crippen LogP contribution is 2.29. The minimum atomic E-state index is -0.437. The summed E-state index contributed by atoms with van der Waals surface area (Å²) < 4.78 is 2.15. The van der Waals surface area contributed by atoms with Gasteiger partial charge in [-0.3, -0.25) is 14.9 Å². The van der Waals surface area contributed by atoms with Crippen LogP contribution in [0.25, 0.3) is 11.3 Å². The van der Waals surface area contributed by atoms with Gasteiger partial charge in [-0.05, 0) is 12.1 Å². The lowest BCUT2D eigenvalue weighted by molar-refractivity contribution is -0.121. The first-order valence-electron chi connectivity index (χ1n) is 8.77. The van der Waals surface area contributed by atoms with Gasteiger partial charge >= 0.3 is 6.03 Å². The van der Waals surface area contributed by atoms with Crippen molar-refractivity contribution >= 4 is 35.3 Å². The van der Waals surface area contributed by atoms with Gasteiger partial charge in [0.15, 0.2) is 5.16 Å².